The Morgan fingerprint density at radius 1 is 1.60 bits per heavy atom. The molecule has 0 spiro atoms. The molecule has 0 amide bonds. The fraction of sp³-hybridized carbons (Fsp3) is 0.429. The summed E-state index contributed by atoms with van der Waals surface area (Å²) < 4.78 is 6.08. The van der Waals surface area contributed by atoms with E-state index in [1.807, 2.05) is 12.1 Å². The van der Waals surface area contributed by atoms with Crippen molar-refractivity contribution in [3.8, 4) is 0 Å². The number of rotatable bonds is 2. The highest BCUT2D eigenvalue weighted by molar-refractivity contribution is 9.10. The van der Waals surface area contributed by atoms with E-state index in [0.29, 0.717) is 4.83 Å². The molecule has 0 aliphatic heterocycles. The molecule has 0 aliphatic carbocycles. The molecule has 0 saturated heterocycles. The molecule has 1 heterocycles. The van der Waals surface area contributed by atoms with Crippen LogP contribution in [0, 0.1) is 0 Å². The van der Waals surface area contributed by atoms with Crippen LogP contribution in [0.4, 0.5) is 0 Å². The Morgan fingerprint density at radius 2 is 2.30 bits per heavy atom. The fourth-order valence-corrected chi connectivity index (χ4v) is 1.40. The molecular weight excluding hydrogens is 260 g/mol. The van der Waals surface area contributed by atoms with Gasteiger partial charge in [0.2, 0.25) is 0 Å². The first-order valence-corrected chi connectivity index (χ1v) is 4.77. The Hall–Kier alpha value is 0.240. The normalized spacial score (nSPS) is 13.5. The van der Waals surface area contributed by atoms with Crippen LogP contribution in [0.25, 0.3) is 0 Å². The number of alkyl halides is 1. The molecule has 0 saturated carbocycles. The molecule has 1 aromatic heterocycles. The van der Waals surface area contributed by atoms with E-state index in [4.69, 9.17) is 4.42 Å². The van der Waals surface area contributed by atoms with Crippen LogP contribution in [0.15, 0.2) is 21.2 Å². The summed E-state index contributed by atoms with van der Waals surface area (Å²) in [5.41, 5.74) is 0. The summed E-state index contributed by atoms with van der Waals surface area (Å²) in [6.07, 6.45) is 0.936. The molecule has 1 unspecified atom stereocenters. The SMILES string of the molecule is CC(Br)Cc1ccc(Br)o1. The number of hydrogen-bond acceptors (Lipinski definition) is 1. The van der Waals surface area contributed by atoms with Crippen LogP contribution in [0.3, 0.4) is 0 Å². The highest BCUT2D eigenvalue weighted by Crippen LogP contribution is 2.17. The zero-order valence-electron chi connectivity index (χ0n) is 5.60. The van der Waals surface area contributed by atoms with Gasteiger partial charge in [0, 0.05) is 11.2 Å². The van der Waals surface area contributed by atoms with E-state index in [2.05, 4.69) is 38.8 Å². The molecule has 0 radical (unpaired) electrons. The number of halogens is 2. The lowest BCUT2D eigenvalue weighted by atomic mass is 10.3. The van der Waals surface area contributed by atoms with Crippen molar-refractivity contribution in [2.45, 2.75) is 18.2 Å². The molecule has 1 nitrogen and oxygen atoms in total. The van der Waals surface area contributed by atoms with E-state index in [0.717, 1.165) is 16.9 Å². The van der Waals surface area contributed by atoms with Gasteiger partial charge in [-0.25, -0.2) is 0 Å². The zero-order chi connectivity index (χ0) is 7.56. The van der Waals surface area contributed by atoms with Gasteiger partial charge in [-0.15, -0.1) is 0 Å². The van der Waals surface area contributed by atoms with Crippen LogP contribution in [-0.4, -0.2) is 4.83 Å². The second-order valence-electron chi connectivity index (χ2n) is 2.19. The van der Waals surface area contributed by atoms with Gasteiger partial charge in [0.05, 0.1) is 0 Å². The molecule has 0 aliphatic rings. The largest absolute Gasteiger partial charge is 0.454 e. The molecule has 0 fully saturated rings. The lowest BCUT2D eigenvalue weighted by Gasteiger charge is -1.96. The lowest BCUT2D eigenvalue weighted by molar-refractivity contribution is 0.488. The summed E-state index contributed by atoms with van der Waals surface area (Å²) in [4.78, 5) is 0.477. The first-order chi connectivity index (χ1) is 4.68. The molecule has 0 aromatic carbocycles. The first-order valence-electron chi connectivity index (χ1n) is 3.07. The summed E-state index contributed by atoms with van der Waals surface area (Å²) in [6.45, 7) is 2.09. The van der Waals surface area contributed by atoms with Gasteiger partial charge in [0.1, 0.15) is 5.76 Å². The van der Waals surface area contributed by atoms with Crippen LogP contribution in [-0.2, 0) is 6.42 Å². The van der Waals surface area contributed by atoms with Crippen LogP contribution < -0.4 is 0 Å². The monoisotopic (exact) mass is 266 g/mol. The molecule has 1 rings (SSSR count). The van der Waals surface area contributed by atoms with Gasteiger partial charge in [-0.2, -0.15) is 0 Å². The van der Waals surface area contributed by atoms with Gasteiger partial charge in [-0.3, -0.25) is 0 Å². The van der Waals surface area contributed by atoms with Crippen molar-refractivity contribution >= 4 is 31.9 Å². The van der Waals surface area contributed by atoms with E-state index >= 15 is 0 Å². The van der Waals surface area contributed by atoms with Gasteiger partial charge >= 0.3 is 0 Å². The van der Waals surface area contributed by atoms with Crippen molar-refractivity contribution in [3.05, 3.63) is 22.6 Å². The second-order valence-corrected chi connectivity index (χ2v) is 4.54. The standard InChI is InChI=1S/C7H8Br2O/c1-5(8)4-6-2-3-7(9)10-6/h2-3,5H,4H2,1H3. The van der Waals surface area contributed by atoms with E-state index in [-0.39, 0.29) is 0 Å². The smallest absolute Gasteiger partial charge is 0.169 e. The summed E-state index contributed by atoms with van der Waals surface area (Å²) in [7, 11) is 0. The topological polar surface area (TPSA) is 13.1 Å². The predicted octanol–water partition coefficient (Wildman–Crippen LogP) is 3.37. The van der Waals surface area contributed by atoms with Gasteiger partial charge in [0.25, 0.3) is 0 Å². The lowest BCUT2D eigenvalue weighted by Crippen LogP contribution is -1.93. The summed E-state index contributed by atoms with van der Waals surface area (Å²) in [5, 5.41) is 0. The fourth-order valence-electron chi connectivity index (χ4n) is 0.739. The van der Waals surface area contributed by atoms with Crippen molar-refractivity contribution in [3.63, 3.8) is 0 Å². The minimum atomic E-state index is 0.477. The Kier molecular flexibility index (Phi) is 2.98. The van der Waals surface area contributed by atoms with Crippen molar-refractivity contribution in [1.82, 2.24) is 0 Å². The van der Waals surface area contributed by atoms with Gasteiger partial charge in [0.15, 0.2) is 4.67 Å². The van der Waals surface area contributed by atoms with Crippen LogP contribution in [0.5, 0.6) is 0 Å². The summed E-state index contributed by atoms with van der Waals surface area (Å²) in [6, 6.07) is 3.88. The third-order valence-electron chi connectivity index (χ3n) is 1.11. The minimum absolute atomic E-state index is 0.477. The first kappa shape index (κ1) is 8.34. The molecular formula is C7H8Br2O. The third kappa shape index (κ3) is 2.46. The van der Waals surface area contributed by atoms with Gasteiger partial charge in [-0.1, -0.05) is 22.9 Å². The molecule has 10 heavy (non-hydrogen) atoms. The molecule has 0 N–H and O–H groups in total. The highest BCUT2D eigenvalue weighted by Gasteiger charge is 2.02. The highest BCUT2D eigenvalue weighted by atomic mass is 79.9. The molecule has 1 aromatic rings. The average Bonchev–Trinajstić information content (AvgIpc) is 2.13. The van der Waals surface area contributed by atoms with E-state index in [1.54, 1.807) is 0 Å². The van der Waals surface area contributed by atoms with Gasteiger partial charge in [-0.05, 0) is 28.1 Å². The van der Waals surface area contributed by atoms with Gasteiger partial charge < -0.3 is 4.42 Å². The van der Waals surface area contributed by atoms with E-state index < -0.39 is 0 Å². The van der Waals surface area contributed by atoms with Crippen LogP contribution in [0.1, 0.15) is 12.7 Å². The van der Waals surface area contributed by atoms with Crippen LogP contribution >= 0.6 is 31.9 Å². The van der Waals surface area contributed by atoms with Crippen molar-refractivity contribution in [1.29, 1.82) is 0 Å². The molecule has 56 valence electrons. The zero-order valence-corrected chi connectivity index (χ0v) is 8.78. The quantitative estimate of drug-likeness (QED) is 0.749. The maximum absolute atomic E-state index is 5.28. The number of hydrogen-bond donors (Lipinski definition) is 0. The summed E-state index contributed by atoms with van der Waals surface area (Å²) >= 11 is 6.69. The van der Waals surface area contributed by atoms with Crippen molar-refractivity contribution in [2.75, 3.05) is 0 Å². The Balaban J connectivity index is 2.58. The predicted molar refractivity (Wildman–Crippen MR) is 48.5 cm³/mol. The molecule has 1 atom stereocenters. The third-order valence-corrected chi connectivity index (χ3v) is 1.86. The van der Waals surface area contributed by atoms with Crippen molar-refractivity contribution in [2.24, 2.45) is 0 Å². The Bertz CT molecular complexity index is 205. The minimum Gasteiger partial charge on any atom is -0.454 e. The van der Waals surface area contributed by atoms with E-state index in [1.165, 1.54) is 0 Å². The maximum atomic E-state index is 5.28. The Morgan fingerprint density at radius 3 is 2.70 bits per heavy atom. The molecule has 3 heteroatoms. The van der Waals surface area contributed by atoms with Crippen LogP contribution in [0.2, 0.25) is 0 Å². The second kappa shape index (κ2) is 3.58. The molecule has 0 bridgehead atoms. The average molecular weight is 268 g/mol. The summed E-state index contributed by atoms with van der Waals surface area (Å²) in [5.74, 6) is 1.01. The van der Waals surface area contributed by atoms with Crippen molar-refractivity contribution < 1.29 is 4.42 Å². The van der Waals surface area contributed by atoms with E-state index in [9.17, 15) is 0 Å². The Labute approximate surface area is 77.1 Å². The maximum Gasteiger partial charge on any atom is 0.169 e. The number of furan rings is 1.